The summed E-state index contributed by atoms with van der Waals surface area (Å²) in [5.41, 5.74) is 0. The molecule has 12 heavy (non-hydrogen) atoms. The molecular formula is C8H18O2SSi. The minimum absolute atomic E-state index is 0.313. The number of thiocarbonyl (C=S) groups is 1. The van der Waals surface area contributed by atoms with Gasteiger partial charge in [-0.2, -0.15) is 0 Å². The maximum Gasteiger partial charge on any atom is 0.161 e. The van der Waals surface area contributed by atoms with Gasteiger partial charge in [0, 0.05) is 19.6 Å². The summed E-state index contributed by atoms with van der Waals surface area (Å²) < 4.78 is 10.5. The summed E-state index contributed by atoms with van der Waals surface area (Å²) >= 11 is 4.72. The molecule has 0 aromatic rings. The third-order valence-electron chi connectivity index (χ3n) is 1.46. The molecule has 0 saturated carbocycles. The Labute approximate surface area is 82.6 Å². The first-order chi connectivity index (χ1) is 5.81. The second-order valence-corrected chi connectivity index (χ2v) is 4.80. The van der Waals surface area contributed by atoms with E-state index in [0.29, 0.717) is 5.92 Å². The molecule has 2 nitrogen and oxygen atoms in total. The van der Waals surface area contributed by atoms with Crippen LogP contribution in [0.25, 0.3) is 0 Å². The van der Waals surface area contributed by atoms with E-state index in [1.165, 1.54) is 6.04 Å². The Hall–Kier alpha value is 0.227. The number of hydrogen-bond donors (Lipinski definition) is 0. The maximum atomic E-state index is 5.54. The number of methoxy groups -OCH3 is 1. The first kappa shape index (κ1) is 12.2. The Morgan fingerprint density at radius 2 is 2.25 bits per heavy atom. The number of ether oxygens (including phenoxy) is 1. The fourth-order valence-electron chi connectivity index (χ4n) is 0.886. The van der Waals surface area contributed by atoms with E-state index < -0.39 is 0 Å². The van der Waals surface area contributed by atoms with Crippen LogP contribution in [0, 0.1) is 5.92 Å². The summed E-state index contributed by atoms with van der Waals surface area (Å²) in [7, 11) is 1.41. The fraction of sp³-hybridized carbons (Fsp3) is 0.875. The van der Waals surface area contributed by atoms with Crippen molar-refractivity contribution >= 4 is 27.3 Å². The largest absolute Gasteiger partial charge is 0.424 e. The molecular weight excluding hydrogens is 188 g/mol. The predicted molar refractivity (Wildman–Crippen MR) is 58.6 cm³/mol. The van der Waals surface area contributed by atoms with Gasteiger partial charge in [-0.15, -0.1) is 0 Å². The molecule has 0 aromatic heterocycles. The molecule has 0 saturated heterocycles. The van der Waals surface area contributed by atoms with Gasteiger partial charge in [0.05, 0.1) is 6.61 Å². The number of hydrogen-bond acceptors (Lipinski definition) is 3. The van der Waals surface area contributed by atoms with Crippen LogP contribution in [0.1, 0.15) is 13.3 Å². The van der Waals surface area contributed by atoms with Crippen molar-refractivity contribution in [1.82, 2.24) is 0 Å². The normalized spacial score (nSPS) is 13.8. The molecule has 0 aromatic carbocycles. The molecule has 0 aliphatic carbocycles. The SMILES string of the molecule is COC[C@H](C)CO[SiH2]CCC=S. The van der Waals surface area contributed by atoms with E-state index in [-0.39, 0.29) is 9.76 Å². The molecule has 0 amide bonds. The minimum atomic E-state index is -0.313. The lowest BCUT2D eigenvalue weighted by molar-refractivity contribution is 0.128. The zero-order chi connectivity index (χ0) is 9.23. The Morgan fingerprint density at radius 3 is 2.83 bits per heavy atom. The summed E-state index contributed by atoms with van der Waals surface area (Å²) in [5, 5.41) is 1.79. The first-order valence-electron chi connectivity index (χ1n) is 4.31. The van der Waals surface area contributed by atoms with Crippen LogP contribution >= 0.6 is 12.2 Å². The first-order valence-corrected chi connectivity index (χ1v) is 6.36. The summed E-state index contributed by atoms with van der Waals surface area (Å²) in [6.07, 6.45) is 1.03. The van der Waals surface area contributed by atoms with E-state index >= 15 is 0 Å². The third-order valence-corrected chi connectivity index (χ3v) is 2.92. The van der Waals surface area contributed by atoms with Crippen LogP contribution in [0.5, 0.6) is 0 Å². The van der Waals surface area contributed by atoms with Gasteiger partial charge in [0.15, 0.2) is 9.76 Å². The molecule has 0 unspecified atom stereocenters. The highest BCUT2D eigenvalue weighted by Crippen LogP contribution is 1.96. The fourth-order valence-corrected chi connectivity index (χ4v) is 2.49. The van der Waals surface area contributed by atoms with Gasteiger partial charge in [-0.25, -0.2) is 0 Å². The predicted octanol–water partition coefficient (Wildman–Crippen LogP) is 1.18. The average Bonchev–Trinajstić information content (AvgIpc) is 2.05. The van der Waals surface area contributed by atoms with Crippen molar-refractivity contribution in [2.75, 3.05) is 20.3 Å². The highest BCUT2D eigenvalue weighted by molar-refractivity contribution is 7.78. The van der Waals surface area contributed by atoms with Gasteiger partial charge in [0.25, 0.3) is 0 Å². The Kier molecular flexibility index (Phi) is 9.49. The summed E-state index contributed by atoms with van der Waals surface area (Å²) in [6.45, 7) is 3.77. The zero-order valence-corrected chi connectivity index (χ0v) is 10.1. The molecule has 0 spiro atoms. The quantitative estimate of drug-likeness (QED) is 0.337. The van der Waals surface area contributed by atoms with E-state index in [1.54, 1.807) is 12.5 Å². The van der Waals surface area contributed by atoms with Crippen LogP contribution in [0.2, 0.25) is 6.04 Å². The summed E-state index contributed by atoms with van der Waals surface area (Å²) in [4.78, 5) is 0. The molecule has 4 heteroatoms. The Bertz CT molecular complexity index is 111. The van der Waals surface area contributed by atoms with Gasteiger partial charge >= 0.3 is 0 Å². The Balaban J connectivity index is 3.02. The van der Waals surface area contributed by atoms with Crippen LogP contribution in [0.3, 0.4) is 0 Å². The smallest absolute Gasteiger partial charge is 0.161 e. The van der Waals surface area contributed by atoms with Gasteiger partial charge in [0.2, 0.25) is 0 Å². The van der Waals surface area contributed by atoms with Crippen molar-refractivity contribution in [3.05, 3.63) is 0 Å². The van der Waals surface area contributed by atoms with Gasteiger partial charge in [-0.1, -0.05) is 19.1 Å². The minimum Gasteiger partial charge on any atom is -0.424 e. The van der Waals surface area contributed by atoms with Crippen molar-refractivity contribution < 1.29 is 9.16 Å². The van der Waals surface area contributed by atoms with Crippen molar-refractivity contribution in [3.63, 3.8) is 0 Å². The third kappa shape index (κ3) is 8.32. The van der Waals surface area contributed by atoms with Gasteiger partial charge in [0.1, 0.15) is 0 Å². The van der Waals surface area contributed by atoms with Crippen molar-refractivity contribution in [2.24, 2.45) is 5.92 Å². The molecule has 0 N–H and O–H groups in total. The summed E-state index contributed by atoms with van der Waals surface area (Å²) in [6, 6.07) is 1.17. The second kappa shape index (κ2) is 9.32. The molecule has 72 valence electrons. The monoisotopic (exact) mass is 206 g/mol. The van der Waals surface area contributed by atoms with Crippen molar-refractivity contribution in [3.8, 4) is 0 Å². The molecule has 0 heterocycles. The van der Waals surface area contributed by atoms with Gasteiger partial charge < -0.3 is 9.16 Å². The Morgan fingerprint density at radius 1 is 1.50 bits per heavy atom. The van der Waals surface area contributed by atoms with Crippen molar-refractivity contribution in [2.45, 2.75) is 19.4 Å². The number of rotatable bonds is 8. The van der Waals surface area contributed by atoms with E-state index in [2.05, 4.69) is 6.92 Å². The standard InChI is InChI=1S/C8H18O2SSi/c1-8(6-9-2)7-10-12-5-3-4-11/h4,8H,3,5-7,12H2,1-2H3/t8-/m0/s1. The molecule has 1 atom stereocenters. The van der Waals surface area contributed by atoms with E-state index in [0.717, 1.165) is 19.6 Å². The zero-order valence-electron chi connectivity index (χ0n) is 7.91. The van der Waals surface area contributed by atoms with Crippen molar-refractivity contribution in [1.29, 1.82) is 0 Å². The molecule has 0 aliphatic heterocycles. The highest BCUT2D eigenvalue weighted by atomic mass is 32.1. The molecule has 0 radical (unpaired) electrons. The molecule has 0 aliphatic rings. The molecule has 0 fully saturated rings. The maximum absolute atomic E-state index is 5.54. The lowest BCUT2D eigenvalue weighted by atomic mass is 10.2. The van der Waals surface area contributed by atoms with Crippen LogP contribution in [-0.4, -0.2) is 35.5 Å². The van der Waals surface area contributed by atoms with Gasteiger partial charge in [-0.05, 0) is 17.8 Å². The van der Waals surface area contributed by atoms with E-state index in [1.807, 2.05) is 0 Å². The topological polar surface area (TPSA) is 18.5 Å². The molecule has 0 rings (SSSR count). The lowest BCUT2D eigenvalue weighted by Crippen LogP contribution is -2.13. The highest BCUT2D eigenvalue weighted by Gasteiger charge is 1.99. The lowest BCUT2D eigenvalue weighted by Gasteiger charge is -2.10. The average molecular weight is 206 g/mol. The van der Waals surface area contributed by atoms with Gasteiger partial charge in [-0.3, -0.25) is 0 Å². The summed E-state index contributed by atoms with van der Waals surface area (Å²) in [5.74, 6) is 0.523. The van der Waals surface area contributed by atoms with Crippen LogP contribution in [-0.2, 0) is 9.16 Å². The second-order valence-electron chi connectivity index (χ2n) is 2.94. The van der Waals surface area contributed by atoms with Crippen LogP contribution in [0.4, 0.5) is 0 Å². The van der Waals surface area contributed by atoms with Crippen LogP contribution in [0.15, 0.2) is 0 Å². The van der Waals surface area contributed by atoms with E-state index in [4.69, 9.17) is 21.4 Å². The van der Waals surface area contributed by atoms with E-state index in [9.17, 15) is 0 Å². The molecule has 0 bridgehead atoms. The van der Waals surface area contributed by atoms with Crippen LogP contribution < -0.4 is 0 Å².